The van der Waals surface area contributed by atoms with Crippen LogP contribution in [0.4, 0.5) is 5.69 Å². The smallest absolute Gasteiger partial charge is 0.161 e. The number of halogens is 2. The van der Waals surface area contributed by atoms with Crippen molar-refractivity contribution in [1.29, 1.82) is 0 Å². The summed E-state index contributed by atoms with van der Waals surface area (Å²) in [5.41, 5.74) is 0.895. The molecule has 0 heterocycles. The van der Waals surface area contributed by atoms with Crippen LogP contribution in [-0.4, -0.2) is 17.5 Å². The molecule has 2 nitrogen and oxygen atoms in total. The van der Waals surface area contributed by atoms with E-state index in [0.29, 0.717) is 16.1 Å². The third-order valence-electron chi connectivity index (χ3n) is 3.68. The third kappa shape index (κ3) is 6.09. The summed E-state index contributed by atoms with van der Waals surface area (Å²) in [6, 6.07) is 5.92. The number of benzene rings is 1. The molecule has 2 rings (SSSR count). The average molecular weight is 345 g/mol. The zero-order valence-corrected chi connectivity index (χ0v) is 14.7. The van der Waals surface area contributed by atoms with E-state index >= 15 is 0 Å². The summed E-state index contributed by atoms with van der Waals surface area (Å²) < 4.78 is 0. The molecule has 0 atom stereocenters. The molecule has 0 radical (unpaired) electrons. The number of thioether (sulfide) groups is 1. The van der Waals surface area contributed by atoms with Crippen molar-refractivity contribution >= 4 is 45.8 Å². The molecule has 116 valence electrons. The summed E-state index contributed by atoms with van der Waals surface area (Å²) in [6.07, 6.45) is 11.1. The first-order chi connectivity index (χ1) is 10.2. The average Bonchev–Trinajstić information content (AvgIpc) is 2.39. The van der Waals surface area contributed by atoms with Gasteiger partial charge in [-0.3, -0.25) is 4.99 Å². The minimum atomic E-state index is 0.440. The Morgan fingerprint density at radius 3 is 2.19 bits per heavy atom. The van der Waals surface area contributed by atoms with Gasteiger partial charge in [0.1, 0.15) is 0 Å². The molecule has 1 N–H and O–H groups in total. The first kappa shape index (κ1) is 17.0. The Bertz CT molecular complexity index is 463. The lowest BCUT2D eigenvalue weighted by Crippen LogP contribution is -2.14. The second-order valence-electron chi connectivity index (χ2n) is 5.42. The number of aliphatic imine (C=N–C) groups is 1. The second-order valence-corrected chi connectivity index (χ2v) is 7.09. The van der Waals surface area contributed by atoms with Gasteiger partial charge in [0.2, 0.25) is 0 Å². The topological polar surface area (TPSA) is 24.4 Å². The van der Waals surface area contributed by atoms with Crippen molar-refractivity contribution in [3.8, 4) is 0 Å². The Morgan fingerprint density at radius 1 is 1.05 bits per heavy atom. The van der Waals surface area contributed by atoms with E-state index in [1.165, 1.54) is 44.9 Å². The summed E-state index contributed by atoms with van der Waals surface area (Å²) >= 11 is 13.7. The number of anilines is 1. The van der Waals surface area contributed by atoms with Gasteiger partial charge >= 0.3 is 0 Å². The standard InChI is InChI=1S/C16H22Cl2N2S/c1-21-16(19-14-7-5-3-2-4-6-8-14)20-15-10-12(17)9-13(18)11-15/h9-11,14H,2-8H2,1H3,(H,19,20). The number of nitrogens with one attached hydrogen (secondary N) is 1. The number of amidine groups is 1. The van der Waals surface area contributed by atoms with Gasteiger partial charge in [0, 0.05) is 15.7 Å². The summed E-state index contributed by atoms with van der Waals surface area (Å²) in [6.45, 7) is 0. The van der Waals surface area contributed by atoms with Crippen LogP contribution in [-0.2, 0) is 0 Å². The number of rotatable bonds is 2. The minimum absolute atomic E-state index is 0.440. The molecule has 1 aromatic rings. The van der Waals surface area contributed by atoms with Crippen molar-refractivity contribution in [3.05, 3.63) is 28.2 Å². The predicted octanol–water partition coefficient (Wildman–Crippen LogP) is 6.24. The Morgan fingerprint density at radius 2 is 1.62 bits per heavy atom. The van der Waals surface area contributed by atoms with Crippen LogP contribution in [0.2, 0.25) is 10.0 Å². The van der Waals surface area contributed by atoms with Gasteiger partial charge in [-0.05, 0) is 37.3 Å². The zero-order valence-electron chi connectivity index (χ0n) is 12.4. The van der Waals surface area contributed by atoms with E-state index in [-0.39, 0.29) is 0 Å². The van der Waals surface area contributed by atoms with Crippen molar-refractivity contribution < 1.29 is 0 Å². The monoisotopic (exact) mass is 344 g/mol. The molecule has 0 aromatic heterocycles. The Balaban J connectivity index is 2.04. The number of hydrogen-bond donors (Lipinski definition) is 1. The van der Waals surface area contributed by atoms with Crippen LogP contribution in [0.25, 0.3) is 0 Å². The molecule has 0 bridgehead atoms. The summed E-state index contributed by atoms with van der Waals surface area (Å²) in [5.74, 6) is 0. The first-order valence-corrected chi connectivity index (χ1v) is 9.50. The second kappa shape index (κ2) is 8.92. The van der Waals surface area contributed by atoms with Crippen molar-refractivity contribution in [2.45, 2.75) is 51.0 Å². The Kier molecular flexibility index (Phi) is 7.21. The van der Waals surface area contributed by atoms with Crippen LogP contribution < -0.4 is 5.32 Å². The van der Waals surface area contributed by atoms with Crippen LogP contribution >= 0.6 is 35.0 Å². The molecule has 0 spiro atoms. The molecule has 5 heteroatoms. The van der Waals surface area contributed by atoms with Crippen LogP contribution in [0.3, 0.4) is 0 Å². The van der Waals surface area contributed by atoms with Gasteiger partial charge < -0.3 is 5.32 Å². The van der Waals surface area contributed by atoms with Crippen molar-refractivity contribution in [2.24, 2.45) is 4.99 Å². The van der Waals surface area contributed by atoms with E-state index in [2.05, 4.69) is 5.32 Å². The number of nitrogens with zero attached hydrogens (tertiary/aromatic N) is 1. The maximum Gasteiger partial charge on any atom is 0.161 e. The normalized spacial score (nSPS) is 18.1. The Labute approximate surface area is 141 Å². The van der Waals surface area contributed by atoms with Gasteiger partial charge in [0.15, 0.2) is 5.17 Å². The van der Waals surface area contributed by atoms with Crippen LogP contribution in [0.15, 0.2) is 23.2 Å². The summed E-state index contributed by atoms with van der Waals surface area (Å²) in [5, 5.41) is 5.55. The molecule has 1 aliphatic carbocycles. The molecule has 1 fully saturated rings. The molecular weight excluding hydrogens is 323 g/mol. The van der Waals surface area contributed by atoms with Crippen molar-refractivity contribution in [1.82, 2.24) is 0 Å². The van der Waals surface area contributed by atoms with E-state index in [1.54, 1.807) is 17.8 Å². The predicted molar refractivity (Wildman–Crippen MR) is 97.1 cm³/mol. The largest absolute Gasteiger partial charge is 0.335 e. The summed E-state index contributed by atoms with van der Waals surface area (Å²) in [4.78, 5) is 4.89. The van der Waals surface area contributed by atoms with E-state index in [1.807, 2.05) is 18.4 Å². The van der Waals surface area contributed by atoms with Gasteiger partial charge in [-0.25, -0.2) is 0 Å². The molecule has 1 aromatic carbocycles. The fourth-order valence-corrected chi connectivity index (χ4v) is 3.62. The Hall–Kier alpha value is -0.380. The lowest BCUT2D eigenvalue weighted by molar-refractivity contribution is 0.456. The van der Waals surface area contributed by atoms with Gasteiger partial charge in [-0.15, -0.1) is 0 Å². The highest BCUT2D eigenvalue weighted by atomic mass is 35.5. The fraction of sp³-hybridized carbons (Fsp3) is 0.562. The maximum atomic E-state index is 6.04. The maximum absolute atomic E-state index is 6.04. The molecule has 1 aliphatic rings. The van der Waals surface area contributed by atoms with Gasteiger partial charge in [0.05, 0.1) is 6.04 Å². The highest BCUT2D eigenvalue weighted by Crippen LogP contribution is 2.24. The molecule has 1 saturated carbocycles. The van der Waals surface area contributed by atoms with Crippen LogP contribution in [0.1, 0.15) is 44.9 Å². The first-order valence-electron chi connectivity index (χ1n) is 7.52. The van der Waals surface area contributed by atoms with Crippen molar-refractivity contribution in [2.75, 3.05) is 11.6 Å². The SMILES string of the molecule is CSC(=NC1CCCCCCC1)Nc1cc(Cl)cc(Cl)c1. The quantitative estimate of drug-likeness (QED) is 0.507. The van der Waals surface area contributed by atoms with E-state index in [9.17, 15) is 0 Å². The van der Waals surface area contributed by atoms with Gasteiger partial charge in [-0.1, -0.05) is 67.1 Å². The van der Waals surface area contributed by atoms with Crippen molar-refractivity contribution in [3.63, 3.8) is 0 Å². The molecule has 0 saturated heterocycles. The molecule has 0 aliphatic heterocycles. The third-order valence-corrected chi connectivity index (χ3v) is 4.71. The van der Waals surface area contributed by atoms with Gasteiger partial charge in [-0.2, -0.15) is 0 Å². The van der Waals surface area contributed by atoms with E-state index in [0.717, 1.165) is 10.9 Å². The van der Waals surface area contributed by atoms with E-state index in [4.69, 9.17) is 28.2 Å². The van der Waals surface area contributed by atoms with Crippen LogP contribution in [0.5, 0.6) is 0 Å². The van der Waals surface area contributed by atoms with E-state index < -0.39 is 0 Å². The summed E-state index contributed by atoms with van der Waals surface area (Å²) in [7, 11) is 0. The molecule has 21 heavy (non-hydrogen) atoms. The molecule has 0 unspecified atom stereocenters. The lowest BCUT2D eigenvalue weighted by atomic mass is 9.97. The number of hydrogen-bond acceptors (Lipinski definition) is 2. The molecule has 0 amide bonds. The zero-order chi connectivity index (χ0) is 15.1. The molecular formula is C16H22Cl2N2S. The lowest BCUT2D eigenvalue weighted by Gasteiger charge is -2.18. The minimum Gasteiger partial charge on any atom is -0.335 e. The fourth-order valence-electron chi connectivity index (χ4n) is 2.62. The van der Waals surface area contributed by atoms with Crippen LogP contribution in [0, 0.1) is 0 Å². The highest BCUT2D eigenvalue weighted by Gasteiger charge is 2.11. The highest BCUT2D eigenvalue weighted by molar-refractivity contribution is 8.13. The van der Waals surface area contributed by atoms with Gasteiger partial charge in [0.25, 0.3) is 0 Å².